The first-order valence-electron chi connectivity index (χ1n) is 9.06. The van der Waals surface area contributed by atoms with E-state index < -0.39 is 5.41 Å². The van der Waals surface area contributed by atoms with Gasteiger partial charge < -0.3 is 20.2 Å². The van der Waals surface area contributed by atoms with Crippen molar-refractivity contribution in [3.63, 3.8) is 0 Å². The summed E-state index contributed by atoms with van der Waals surface area (Å²) in [6.07, 6.45) is 2.30. The van der Waals surface area contributed by atoms with E-state index >= 15 is 0 Å². The summed E-state index contributed by atoms with van der Waals surface area (Å²) in [6.45, 7) is 2.18. The van der Waals surface area contributed by atoms with Crippen LogP contribution >= 0.6 is 12.2 Å². The molecule has 3 rings (SSSR count). The fourth-order valence-electron chi connectivity index (χ4n) is 3.25. The number of aromatic nitrogens is 1. The molecule has 0 radical (unpaired) electrons. The normalized spacial score (nSPS) is 13.1. The zero-order valence-electron chi connectivity index (χ0n) is 16.0. The maximum atomic E-state index is 12.5. The van der Waals surface area contributed by atoms with Crippen molar-refractivity contribution >= 4 is 34.0 Å². The molecule has 0 aliphatic carbocycles. The summed E-state index contributed by atoms with van der Waals surface area (Å²) in [7, 11) is 1.48. The Hall–Kier alpha value is -2.70. The summed E-state index contributed by atoms with van der Waals surface area (Å²) in [5, 5.41) is 1.23. The topological polar surface area (TPSA) is 77.3 Å². The van der Waals surface area contributed by atoms with Crippen molar-refractivity contribution in [2.75, 3.05) is 13.7 Å². The number of benzene rings is 2. The van der Waals surface area contributed by atoms with E-state index in [4.69, 9.17) is 27.4 Å². The van der Waals surface area contributed by atoms with Crippen LogP contribution in [0, 0.1) is 5.41 Å². The summed E-state index contributed by atoms with van der Waals surface area (Å²) in [4.78, 5) is 15.7. The number of thiocarbonyl (C=S) groups is 1. The Morgan fingerprint density at radius 1 is 1.21 bits per heavy atom. The lowest BCUT2D eigenvalue weighted by Crippen LogP contribution is -2.42. The monoisotopic (exact) mass is 396 g/mol. The van der Waals surface area contributed by atoms with Crippen LogP contribution < -0.4 is 10.5 Å². The highest BCUT2D eigenvalue weighted by Gasteiger charge is 2.38. The summed E-state index contributed by atoms with van der Waals surface area (Å²) >= 11 is 5.32. The summed E-state index contributed by atoms with van der Waals surface area (Å²) in [5.74, 6) is 0.614. The molecular formula is C22H24N2O3S. The van der Waals surface area contributed by atoms with E-state index in [2.05, 4.69) is 4.98 Å². The molecule has 5 nitrogen and oxygen atoms in total. The number of ether oxygens (including phenoxy) is 2. The zero-order chi connectivity index (χ0) is 20.1. The molecule has 1 unspecified atom stereocenters. The van der Waals surface area contributed by atoms with Crippen LogP contribution in [0.5, 0.6) is 5.75 Å². The number of hydrogen-bond donors (Lipinski definition) is 2. The standard InChI is InChI=1S/C22H24N2O3S/c1-22(20(25)12-23,21(28)26-2)11-16-13-24-19-9-8-17(10-18(16)19)27-14-15-6-4-3-5-7-15/h3-10,13,24H,11-12,14,23H2,1-2H3. The Labute approximate surface area is 169 Å². The number of carbonyl (C=O) groups is 1. The van der Waals surface area contributed by atoms with Crippen LogP contribution in [-0.2, 0) is 22.6 Å². The van der Waals surface area contributed by atoms with Gasteiger partial charge in [0.1, 0.15) is 12.4 Å². The van der Waals surface area contributed by atoms with Crippen molar-refractivity contribution in [2.24, 2.45) is 11.1 Å². The summed E-state index contributed by atoms with van der Waals surface area (Å²) in [6, 6.07) is 15.9. The van der Waals surface area contributed by atoms with Gasteiger partial charge in [-0.1, -0.05) is 30.3 Å². The molecule has 0 saturated heterocycles. The summed E-state index contributed by atoms with van der Waals surface area (Å²) in [5.41, 5.74) is 7.68. The smallest absolute Gasteiger partial charge is 0.172 e. The van der Waals surface area contributed by atoms with Crippen molar-refractivity contribution in [2.45, 2.75) is 20.0 Å². The molecule has 0 aliphatic heterocycles. The van der Waals surface area contributed by atoms with Crippen LogP contribution in [0.25, 0.3) is 10.9 Å². The van der Waals surface area contributed by atoms with E-state index in [-0.39, 0.29) is 17.4 Å². The second-order valence-electron chi connectivity index (χ2n) is 6.92. The van der Waals surface area contributed by atoms with Gasteiger partial charge in [0.15, 0.2) is 10.8 Å². The Kier molecular flexibility index (Phi) is 6.11. The fraction of sp³-hybridized carbons (Fsp3) is 0.273. The van der Waals surface area contributed by atoms with Gasteiger partial charge in [0, 0.05) is 17.1 Å². The molecule has 1 atom stereocenters. The number of rotatable bonds is 8. The molecule has 3 aromatic rings. The van der Waals surface area contributed by atoms with Crippen LogP contribution in [-0.4, -0.2) is 29.5 Å². The zero-order valence-corrected chi connectivity index (χ0v) is 16.8. The van der Waals surface area contributed by atoms with Gasteiger partial charge in [0.05, 0.1) is 19.1 Å². The quantitative estimate of drug-likeness (QED) is 0.567. The van der Waals surface area contributed by atoms with Crippen molar-refractivity contribution in [1.82, 2.24) is 4.98 Å². The second kappa shape index (κ2) is 8.54. The molecule has 0 saturated carbocycles. The fourth-order valence-corrected chi connectivity index (χ4v) is 3.44. The first kappa shape index (κ1) is 20.0. The number of ketones is 1. The second-order valence-corrected chi connectivity index (χ2v) is 7.29. The van der Waals surface area contributed by atoms with E-state index in [0.717, 1.165) is 27.8 Å². The molecule has 0 amide bonds. The molecule has 0 spiro atoms. The van der Waals surface area contributed by atoms with Crippen LogP contribution in [0.4, 0.5) is 0 Å². The highest BCUT2D eigenvalue weighted by molar-refractivity contribution is 7.80. The van der Waals surface area contributed by atoms with E-state index in [1.54, 1.807) is 6.92 Å². The van der Waals surface area contributed by atoms with Crippen molar-refractivity contribution in [3.05, 3.63) is 65.9 Å². The molecule has 146 valence electrons. The number of nitrogens with one attached hydrogen (secondary N) is 1. The van der Waals surface area contributed by atoms with E-state index in [9.17, 15) is 4.79 Å². The SMILES string of the molecule is COC(=S)C(C)(Cc1c[nH]c2ccc(OCc3ccccc3)cc12)C(=O)CN. The number of H-pyrrole nitrogens is 1. The highest BCUT2D eigenvalue weighted by Crippen LogP contribution is 2.32. The van der Waals surface area contributed by atoms with Gasteiger partial charge in [-0.05, 0) is 54.9 Å². The number of nitrogens with two attached hydrogens (primary N) is 1. The van der Waals surface area contributed by atoms with Gasteiger partial charge in [-0.3, -0.25) is 4.79 Å². The molecule has 1 aromatic heterocycles. The number of fused-ring (bicyclic) bond motifs is 1. The van der Waals surface area contributed by atoms with Crippen molar-refractivity contribution < 1.29 is 14.3 Å². The summed E-state index contributed by atoms with van der Waals surface area (Å²) < 4.78 is 11.2. The predicted molar refractivity (Wildman–Crippen MR) is 115 cm³/mol. The predicted octanol–water partition coefficient (Wildman–Crippen LogP) is 3.80. The first-order chi connectivity index (χ1) is 13.5. The molecule has 0 aliphatic rings. The third kappa shape index (κ3) is 4.08. The molecule has 0 bridgehead atoms. The number of methoxy groups -OCH3 is 1. The minimum absolute atomic E-state index is 0.0895. The van der Waals surface area contributed by atoms with E-state index in [1.807, 2.05) is 54.7 Å². The molecule has 28 heavy (non-hydrogen) atoms. The third-order valence-electron chi connectivity index (χ3n) is 4.97. The molecule has 2 aromatic carbocycles. The molecule has 0 fully saturated rings. The maximum Gasteiger partial charge on any atom is 0.172 e. The van der Waals surface area contributed by atoms with Crippen LogP contribution in [0.15, 0.2) is 54.7 Å². The van der Waals surface area contributed by atoms with Gasteiger partial charge in [0.2, 0.25) is 0 Å². The van der Waals surface area contributed by atoms with E-state index in [0.29, 0.717) is 13.0 Å². The minimum Gasteiger partial charge on any atom is -0.489 e. The number of Topliss-reactive ketones (excluding diaryl/α,β-unsaturated/α-hetero) is 1. The average Bonchev–Trinajstić information content (AvgIpc) is 3.13. The molecule has 6 heteroatoms. The Balaban J connectivity index is 1.87. The van der Waals surface area contributed by atoms with Crippen molar-refractivity contribution in [3.8, 4) is 5.75 Å². The molecular weight excluding hydrogens is 372 g/mol. The maximum absolute atomic E-state index is 12.5. The Morgan fingerprint density at radius 3 is 2.64 bits per heavy atom. The molecule has 1 heterocycles. The van der Waals surface area contributed by atoms with Crippen LogP contribution in [0.2, 0.25) is 0 Å². The Bertz CT molecular complexity index is 966. The number of hydrogen-bond acceptors (Lipinski definition) is 5. The highest BCUT2D eigenvalue weighted by atomic mass is 32.1. The van der Waals surface area contributed by atoms with Gasteiger partial charge in [-0.2, -0.15) is 0 Å². The third-order valence-corrected chi connectivity index (χ3v) is 5.59. The number of carbonyl (C=O) groups excluding carboxylic acids is 1. The van der Waals surface area contributed by atoms with E-state index in [1.165, 1.54) is 7.11 Å². The van der Waals surface area contributed by atoms with Gasteiger partial charge in [-0.15, -0.1) is 0 Å². The minimum atomic E-state index is -0.963. The number of aromatic amines is 1. The lowest BCUT2D eigenvalue weighted by Gasteiger charge is -2.27. The van der Waals surface area contributed by atoms with Crippen LogP contribution in [0.3, 0.4) is 0 Å². The van der Waals surface area contributed by atoms with Crippen LogP contribution in [0.1, 0.15) is 18.1 Å². The largest absolute Gasteiger partial charge is 0.489 e. The molecule has 3 N–H and O–H groups in total. The van der Waals surface area contributed by atoms with Gasteiger partial charge in [0.25, 0.3) is 0 Å². The van der Waals surface area contributed by atoms with Gasteiger partial charge >= 0.3 is 0 Å². The first-order valence-corrected chi connectivity index (χ1v) is 9.47. The Morgan fingerprint density at radius 2 is 1.96 bits per heavy atom. The lowest BCUT2D eigenvalue weighted by atomic mass is 9.80. The van der Waals surface area contributed by atoms with Crippen molar-refractivity contribution in [1.29, 1.82) is 0 Å². The van der Waals surface area contributed by atoms with Gasteiger partial charge in [-0.25, -0.2) is 0 Å². The lowest BCUT2D eigenvalue weighted by molar-refractivity contribution is -0.123. The average molecular weight is 397 g/mol.